The summed E-state index contributed by atoms with van der Waals surface area (Å²) in [5.74, 6) is -1.07. The average Bonchev–Trinajstić information content (AvgIpc) is 3.16. The molecule has 0 aliphatic heterocycles. The van der Waals surface area contributed by atoms with Gasteiger partial charge in [-0.2, -0.15) is 0 Å². The largest absolute Gasteiger partial charge is 0.347 e. The summed E-state index contributed by atoms with van der Waals surface area (Å²) in [6.07, 6.45) is 0. The molecule has 1 aromatic carbocycles. The fourth-order valence-corrected chi connectivity index (χ4v) is 3.79. The zero-order valence-corrected chi connectivity index (χ0v) is 14.5. The number of halogens is 2. The summed E-state index contributed by atoms with van der Waals surface area (Å²) in [4.78, 5) is 18.5. The first-order valence-corrected chi connectivity index (χ1v) is 8.85. The molecule has 23 heavy (non-hydrogen) atoms. The summed E-state index contributed by atoms with van der Waals surface area (Å²) in [5.41, 5.74) is 0.889. The van der Waals surface area contributed by atoms with E-state index < -0.39 is 11.7 Å². The summed E-state index contributed by atoms with van der Waals surface area (Å²) in [5, 5.41) is 6.05. The van der Waals surface area contributed by atoms with E-state index in [0.717, 1.165) is 20.5 Å². The van der Waals surface area contributed by atoms with Crippen LogP contribution in [0, 0.1) is 12.7 Å². The zero-order chi connectivity index (χ0) is 16.4. The van der Waals surface area contributed by atoms with Crippen LogP contribution >= 0.6 is 34.3 Å². The van der Waals surface area contributed by atoms with Crippen molar-refractivity contribution in [2.75, 3.05) is 0 Å². The van der Waals surface area contributed by atoms with E-state index in [-0.39, 0.29) is 5.56 Å². The summed E-state index contributed by atoms with van der Waals surface area (Å²) >= 11 is 8.95. The highest BCUT2D eigenvalue weighted by atomic mass is 35.5. The third-order valence-corrected chi connectivity index (χ3v) is 5.25. The molecule has 0 radical (unpaired) electrons. The molecule has 0 spiro atoms. The molecule has 3 rings (SSSR count). The lowest BCUT2D eigenvalue weighted by molar-refractivity contribution is 0.0947. The van der Waals surface area contributed by atoms with Gasteiger partial charge in [-0.15, -0.1) is 22.7 Å². The van der Waals surface area contributed by atoms with E-state index in [2.05, 4.69) is 10.3 Å². The van der Waals surface area contributed by atoms with E-state index in [4.69, 9.17) is 11.6 Å². The summed E-state index contributed by atoms with van der Waals surface area (Å²) in [6.45, 7) is 2.29. The number of nitrogens with one attached hydrogen (secondary N) is 1. The van der Waals surface area contributed by atoms with E-state index in [1.807, 2.05) is 24.4 Å². The van der Waals surface area contributed by atoms with Gasteiger partial charge in [0.15, 0.2) is 0 Å². The van der Waals surface area contributed by atoms with Crippen molar-refractivity contribution in [3.05, 3.63) is 62.0 Å². The minimum atomic E-state index is -0.586. The number of thiazole rings is 1. The number of rotatable bonds is 4. The van der Waals surface area contributed by atoms with Crippen LogP contribution < -0.4 is 5.32 Å². The second kappa shape index (κ2) is 6.78. The molecule has 118 valence electrons. The van der Waals surface area contributed by atoms with Crippen molar-refractivity contribution in [2.24, 2.45) is 0 Å². The first-order valence-electron chi connectivity index (χ1n) is 6.77. The van der Waals surface area contributed by atoms with Crippen molar-refractivity contribution < 1.29 is 9.18 Å². The number of amides is 1. The Labute approximate surface area is 145 Å². The quantitative estimate of drug-likeness (QED) is 0.713. The highest BCUT2D eigenvalue weighted by Gasteiger charge is 2.13. The van der Waals surface area contributed by atoms with Gasteiger partial charge in [0.25, 0.3) is 5.91 Å². The number of aryl methyl sites for hydroxylation is 1. The molecule has 0 fully saturated rings. The minimum Gasteiger partial charge on any atom is -0.347 e. The zero-order valence-electron chi connectivity index (χ0n) is 12.1. The van der Waals surface area contributed by atoms with E-state index in [0.29, 0.717) is 11.6 Å². The van der Waals surface area contributed by atoms with Crippen molar-refractivity contribution >= 4 is 40.2 Å². The van der Waals surface area contributed by atoms with Gasteiger partial charge in [0, 0.05) is 15.3 Å². The molecule has 0 aliphatic rings. The van der Waals surface area contributed by atoms with E-state index in [1.54, 1.807) is 22.7 Å². The Morgan fingerprint density at radius 2 is 2.17 bits per heavy atom. The Balaban J connectivity index is 1.68. The van der Waals surface area contributed by atoms with Gasteiger partial charge < -0.3 is 5.32 Å². The van der Waals surface area contributed by atoms with Crippen molar-refractivity contribution in [3.63, 3.8) is 0 Å². The average molecular weight is 367 g/mol. The highest BCUT2D eigenvalue weighted by Crippen LogP contribution is 2.29. The van der Waals surface area contributed by atoms with Crippen LogP contribution in [0.2, 0.25) is 5.02 Å². The normalized spacial score (nSPS) is 10.7. The maximum atomic E-state index is 13.6. The maximum Gasteiger partial charge on any atom is 0.254 e. The van der Waals surface area contributed by atoms with E-state index in [9.17, 15) is 9.18 Å². The van der Waals surface area contributed by atoms with Crippen molar-refractivity contribution in [1.29, 1.82) is 0 Å². The monoisotopic (exact) mass is 366 g/mol. The van der Waals surface area contributed by atoms with Crippen LogP contribution in [0.3, 0.4) is 0 Å². The van der Waals surface area contributed by atoms with Crippen LogP contribution in [0.1, 0.15) is 20.2 Å². The number of hydrogen-bond acceptors (Lipinski definition) is 4. The number of benzene rings is 1. The fourth-order valence-electron chi connectivity index (χ4n) is 2.02. The third-order valence-electron chi connectivity index (χ3n) is 3.13. The summed E-state index contributed by atoms with van der Waals surface area (Å²) in [6, 6.07) is 7.83. The second-order valence-electron chi connectivity index (χ2n) is 4.82. The first kappa shape index (κ1) is 16.1. The molecule has 3 aromatic rings. The second-order valence-corrected chi connectivity index (χ2v) is 7.49. The van der Waals surface area contributed by atoms with Crippen molar-refractivity contribution in [2.45, 2.75) is 13.5 Å². The first-order chi connectivity index (χ1) is 11.0. The van der Waals surface area contributed by atoms with Crippen LogP contribution in [0.5, 0.6) is 0 Å². The van der Waals surface area contributed by atoms with Crippen LogP contribution in [0.25, 0.3) is 10.6 Å². The van der Waals surface area contributed by atoms with Gasteiger partial charge in [0.1, 0.15) is 5.82 Å². The van der Waals surface area contributed by atoms with Crippen LogP contribution in [-0.4, -0.2) is 10.9 Å². The smallest absolute Gasteiger partial charge is 0.254 e. The molecule has 0 saturated heterocycles. The lowest BCUT2D eigenvalue weighted by atomic mass is 10.2. The third kappa shape index (κ3) is 3.77. The molecular weight excluding hydrogens is 355 g/mol. The molecule has 7 heteroatoms. The molecule has 0 bridgehead atoms. The molecule has 0 aliphatic carbocycles. The minimum absolute atomic E-state index is 0.0515. The summed E-state index contributed by atoms with van der Waals surface area (Å²) < 4.78 is 13.6. The molecule has 0 atom stereocenters. The number of aromatic nitrogens is 1. The molecule has 3 nitrogen and oxygen atoms in total. The lowest BCUT2D eigenvalue weighted by Gasteiger charge is -2.05. The predicted molar refractivity (Wildman–Crippen MR) is 92.7 cm³/mol. The molecule has 0 saturated carbocycles. The number of thiophene rings is 1. The standard InChI is InChI=1S/C16H12ClFN2OS2/c1-9-20-14(8-22-9)15-5-3-11(23-15)7-19-16(21)12-6-10(17)2-4-13(12)18/h2-6,8H,7H2,1H3,(H,19,21). The number of carbonyl (C=O) groups excluding carboxylic acids is 1. The molecule has 2 heterocycles. The van der Waals surface area contributed by atoms with E-state index in [1.165, 1.54) is 18.2 Å². The molecule has 0 unspecified atom stereocenters. The van der Waals surface area contributed by atoms with Gasteiger partial charge in [-0.1, -0.05) is 11.6 Å². The fraction of sp³-hybridized carbons (Fsp3) is 0.125. The van der Waals surface area contributed by atoms with Crippen LogP contribution in [0.15, 0.2) is 35.7 Å². The molecule has 1 amide bonds. The SMILES string of the molecule is Cc1nc(-c2ccc(CNC(=O)c3cc(Cl)ccc3F)s2)cs1. The number of hydrogen-bond donors (Lipinski definition) is 1. The molecule has 1 N–H and O–H groups in total. The number of nitrogens with zero attached hydrogens (tertiary/aromatic N) is 1. The lowest BCUT2D eigenvalue weighted by Crippen LogP contribution is -2.23. The van der Waals surface area contributed by atoms with Gasteiger partial charge >= 0.3 is 0 Å². The van der Waals surface area contributed by atoms with Gasteiger partial charge in [0.05, 0.1) is 27.7 Å². The van der Waals surface area contributed by atoms with Crippen molar-refractivity contribution in [3.8, 4) is 10.6 Å². The topological polar surface area (TPSA) is 42.0 Å². The van der Waals surface area contributed by atoms with Gasteiger partial charge in [-0.25, -0.2) is 9.37 Å². The Bertz CT molecular complexity index is 859. The summed E-state index contributed by atoms with van der Waals surface area (Å²) in [7, 11) is 0. The molecule has 2 aromatic heterocycles. The van der Waals surface area contributed by atoms with Gasteiger partial charge in [0.2, 0.25) is 0 Å². The van der Waals surface area contributed by atoms with Crippen LogP contribution in [-0.2, 0) is 6.54 Å². The van der Waals surface area contributed by atoms with Gasteiger partial charge in [-0.3, -0.25) is 4.79 Å². The predicted octanol–water partition coefficient (Wildman–Crippen LogP) is 4.90. The van der Waals surface area contributed by atoms with Crippen LogP contribution in [0.4, 0.5) is 4.39 Å². The van der Waals surface area contributed by atoms with Gasteiger partial charge in [-0.05, 0) is 37.3 Å². The Morgan fingerprint density at radius 1 is 1.35 bits per heavy atom. The number of carbonyl (C=O) groups is 1. The Kier molecular flexibility index (Phi) is 4.75. The Morgan fingerprint density at radius 3 is 2.91 bits per heavy atom. The van der Waals surface area contributed by atoms with Crippen molar-refractivity contribution in [1.82, 2.24) is 10.3 Å². The Hall–Kier alpha value is -1.76. The maximum absolute atomic E-state index is 13.6. The van der Waals surface area contributed by atoms with E-state index >= 15 is 0 Å². The highest BCUT2D eigenvalue weighted by molar-refractivity contribution is 7.16. The molecular formula is C16H12ClFN2OS2.